The van der Waals surface area contributed by atoms with Crippen molar-refractivity contribution in [2.75, 3.05) is 24.7 Å². The van der Waals surface area contributed by atoms with Gasteiger partial charge in [-0.25, -0.2) is 0 Å². The van der Waals surface area contributed by atoms with Crippen molar-refractivity contribution in [1.29, 1.82) is 0 Å². The van der Waals surface area contributed by atoms with Gasteiger partial charge in [0.05, 0.1) is 37.2 Å². The molecule has 224 valence electrons. The standard InChI is InChI=1S/C33H39BrN2O6/c1-5-7-15-41-32(40)26-27-30(38)36(24(19-37)16-20(3)4)29(33(27)18-25(34)28(26)42-33)31(39)35(14-6-2)23-13-12-21-10-8-9-11-22(21)17-23/h5-6,8-13,17,20,24-29,37H,1-2,7,14-16,18-19H2,3-4H3/t24-,25?,26-,27+,28-,29?,33?/m1/s1. The van der Waals surface area contributed by atoms with Crippen LogP contribution in [0.15, 0.2) is 67.8 Å². The van der Waals surface area contributed by atoms with Gasteiger partial charge in [0.15, 0.2) is 0 Å². The van der Waals surface area contributed by atoms with Crippen LogP contribution in [-0.2, 0) is 23.9 Å². The van der Waals surface area contributed by atoms with Gasteiger partial charge in [-0.3, -0.25) is 14.4 Å². The fourth-order valence-electron chi connectivity index (χ4n) is 7.11. The van der Waals surface area contributed by atoms with Crippen LogP contribution < -0.4 is 4.90 Å². The molecule has 2 aromatic rings. The fraction of sp³-hybridized carbons (Fsp3) is 0.485. The minimum Gasteiger partial charge on any atom is -0.465 e. The number of halogens is 1. The molecule has 1 N–H and O–H groups in total. The zero-order chi connectivity index (χ0) is 30.2. The molecule has 2 aromatic carbocycles. The average Bonchev–Trinajstić information content (AvgIpc) is 3.57. The number of aliphatic hydroxyl groups is 1. The largest absolute Gasteiger partial charge is 0.465 e. The Morgan fingerprint density at radius 3 is 2.62 bits per heavy atom. The van der Waals surface area contributed by atoms with E-state index in [0.717, 1.165) is 10.8 Å². The summed E-state index contributed by atoms with van der Waals surface area (Å²) in [6.07, 6.45) is 4.05. The van der Waals surface area contributed by atoms with E-state index in [1.165, 1.54) is 4.90 Å². The van der Waals surface area contributed by atoms with Gasteiger partial charge in [0.2, 0.25) is 5.91 Å². The van der Waals surface area contributed by atoms with E-state index >= 15 is 0 Å². The van der Waals surface area contributed by atoms with Crippen LogP contribution in [0.25, 0.3) is 10.8 Å². The number of esters is 1. The lowest BCUT2D eigenvalue weighted by Crippen LogP contribution is -2.59. The summed E-state index contributed by atoms with van der Waals surface area (Å²) >= 11 is 3.70. The molecule has 8 nitrogen and oxygen atoms in total. The molecule has 0 radical (unpaired) electrons. The van der Waals surface area contributed by atoms with E-state index in [1.54, 1.807) is 17.1 Å². The number of ether oxygens (including phenoxy) is 2. The van der Waals surface area contributed by atoms with E-state index in [4.69, 9.17) is 9.47 Å². The Hall–Kier alpha value is -3.01. The number of amides is 2. The van der Waals surface area contributed by atoms with E-state index < -0.39 is 41.6 Å². The van der Waals surface area contributed by atoms with Gasteiger partial charge < -0.3 is 24.4 Å². The van der Waals surface area contributed by atoms with Crippen molar-refractivity contribution >= 4 is 50.2 Å². The Balaban J connectivity index is 1.60. The van der Waals surface area contributed by atoms with Crippen LogP contribution in [0.3, 0.4) is 0 Å². The molecule has 3 aliphatic rings. The monoisotopic (exact) mass is 638 g/mol. The predicted octanol–water partition coefficient (Wildman–Crippen LogP) is 4.63. The number of alkyl halides is 1. The van der Waals surface area contributed by atoms with Crippen LogP contribution in [0.4, 0.5) is 5.69 Å². The average molecular weight is 640 g/mol. The summed E-state index contributed by atoms with van der Waals surface area (Å²) in [6, 6.07) is 12.0. The van der Waals surface area contributed by atoms with Crippen LogP contribution in [0, 0.1) is 17.8 Å². The highest BCUT2D eigenvalue weighted by atomic mass is 79.9. The Kier molecular flexibility index (Phi) is 8.92. The van der Waals surface area contributed by atoms with E-state index in [9.17, 15) is 19.5 Å². The Bertz CT molecular complexity index is 1380. The second-order valence-electron chi connectivity index (χ2n) is 11.9. The molecule has 3 fully saturated rings. The first-order valence-electron chi connectivity index (χ1n) is 14.6. The van der Waals surface area contributed by atoms with Crippen molar-refractivity contribution in [3.05, 3.63) is 67.8 Å². The Morgan fingerprint density at radius 1 is 1.21 bits per heavy atom. The second kappa shape index (κ2) is 12.3. The summed E-state index contributed by atoms with van der Waals surface area (Å²) in [7, 11) is 0. The Labute approximate surface area is 255 Å². The highest BCUT2D eigenvalue weighted by Crippen LogP contribution is 2.61. The molecular formula is C33H39BrN2O6. The van der Waals surface area contributed by atoms with E-state index in [-0.39, 0.29) is 42.3 Å². The molecule has 3 aliphatic heterocycles. The molecule has 3 saturated heterocycles. The van der Waals surface area contributed by atoms with Crippen LogP contribution in [0.1, 0.15) is 33.1 Å². The van der Waals surface area contributed by atoms with Crippen LogP contribution >= 0.6 is 15.9 Å². The van der Waals surface area contributed by atoms with Gasteiger partial charge in [0.1, 0.15) is 11.6 Å². The molecule has 2 amide bonds. The number of anilines is 1. The van der Waals surface area contributed by atoms with E-state index in [0.29, 0.717) is 24.9 Å². The van der Waals surface area contributed by atoms with E-state index in [2.05, 4.69) is 29.1 Å². The molecule has 0 saturated carbocycles. The lowest BCUT2D eigenvalue weighted by Gasteiger charge is -2.39. The lowest BCUT2D eigenvalue weighted by atomic mass is 9.70. The zero-order valence-electron chi connectivity index (χ0n) is 24.2. The number of aliphatic hydroxyl groups excluding tert-OH is 1. The third kappa shape index (κ3) is 5.09. The molecule has 3 unspecified atom stereocenters. The summed E-state index contributed by atoms with van der Waals surface area (Å²) in [5.74, 6) is -2.81. The SMILES string of the molecule is C=CCCOC(=O)[C@H]1[C@@H]2OC3(CC2Br)C(C(=O)N(CC=C)c2ccc4ccccc4c2)N([C@@H](CO)CC(C)C)C(=O)[C@H]13. The molecular weight excluding hydrogens is 600 g/mol. The fourth-order valence-corrected chi connectivity index (χ4v) is 8.06. The molecule has 3 heterocycles. The first-order chi connectivity index (χ1) is 20.2. The minimum absolute atomic E-state index is 0.147. The first-order valence-corrected chi connectivity index (χ1v) is 15.5. The number of nitrogens with zero attached hydrogens (tertiary/aromatic N) is 2. The van der Waals surface area contributed by atoms with Gasteiger partial charge in [0.25, 0.3) is 5.91 Å². The quantitative estimate of drug-likeness (QED) is 0.158. The number of hydrogen-bond donors (Lipinski definition) is 1. The number of fused-ring (bicyclic) bond motifs is 2. The molecule has 7 atom stereocenters. The van der Waals surface area contributed by atoms with Gasteiger partial charge in [-0.05, 0) is 48.1 Å². The van der Waals surface area contributed by atoms with Crippen LogP contribution in [-0.4, -0.2) is 76.2 Å². The number of rotatable bonds is 12. The highest BCUT2D eigenvalue weighted by Gasteiger charge is 2.77. The number of benzene rings is 2. The number of carbonyl (C=O) groups is 3. The molecule has 2 bridgehead atoms. The summed E-state index contributed by atoms with van der Waals surface area (Å²) in [6.45, 7) is 11.6. The van der Waals surface area contributed by atoms with Crippen molar-refractivity contribution in [2.45, 2.75) is 61.7 Å². The zero-order valence-corrected chi connectivity index (χ0v) is 25.7. The number of likely N-dealkylation sites (tertiary alicyclic amines) is 1. The van der Waals surface area contributed by atoms with E-state index in [1.807, 2.05) is 56.3 Å². The summed E-state index contributed by atoms with van der Waals surface area (Å²) < 4.78 is 12.2. The highest BCUT2D eigenvalue weighted by molar-refractivity contribution is 9.09. The summed E-state index contributed by atoms with van der Waals surface area (Å²) in [4.78, 5) is 45.6. The van der Waals surface area contributed by atoms with Crippen molar-refractivity contribution < 1.29 is 29.0 Å². The lowest BCUT2D eigenvalue weighted by molar-refractivity contribution is -0.155. The van der Waals surface area contributed by atoms with Crippen molar-refractivity contribution in [1.82, 2.24) is 4.90 Å². The Morgan fingerprint density at radius 2 is 1.95 bits per heavy atom. The smallest absolute Gasteiger partial charge is 0.312 e. The van der Waals surface area contributed by atoms with Crippen molar-refractivity contribution in [3.63, 3.8) is 0 Å². The maximum Gasteiger partial charge on any atom is 0.312 e. The maximum absolute atomic E-state index is 14.8. The van der Waals surface area contributed by atoms with Crippen LogP contribution in [0.5, 0.6) is 0 Å². The predicted molar refractivity (Wildman–Crippen MR) is 165 cm³/mol. The molecule has 9 heteroatoms. The van der Waals surface area contributed by atoms with Gasteiger partial charge in [0, 0.05) is 17.1 Å². The first kappa shape index (κ1) is 30.4. The van der Waals surface area contributed by atoms with Gasteiger partial charge in [-0.1, -0.05) is 72.3 Å². The molecule has 0 aromatic heterocycles. The molecule has 0 aliphatic carbocycles. The van der Waals surface area contributed by atoms with Crippen molar-refractivity contribution in [3.8, 4) is 0 Å². The third-order valence-corrected chi connectivity index (χ3v) is 9.61. The molecule has 42 heavy (non-hydrogen) atoms. The molecule has 5 rings (SSSR count). The third-order valence-electron chi connectivity index (χ3n) is 8.77. The summed E-state index contributed by atoms with van der Waals surface area (Å²) in [5, 5.41) is 12.6. The maximum atomic E-state index is 14.8. The van der Waals surface area contributed by atoms with Gasteiger partial charge in [-0.15, -0.1) is 13.2 Å². The number of hydrogen-bond acceptors (Lipinski definition) is 6. The topological polar surface area (TPSA) is 96.4 Å². The van der Waals surface area contributed by atoms with Crippen LogP contribution in [0.2, 0.25) is 0 Å². The minimum atomic E-state index is -1.25. The van der Waals surface area contributed by atoms with Gasteiger partial charge in [-0.2, -0.15) is 0 Å². The summed E-state index contributed by atoms with van der Waals surface area (Å²) in [5.41, 5.74) is -0.589. The molecule has 1 spiro atoms. The van der Waals surface area contributed by atoms with Gasteiger partial charge >= 0.3 is 5.97 Å². The number of carbonyl (C=O) groups excluding carboxylic acids is 3. The van der Waals surface area contributed by atoms with Crippen molar-refractivity contribution in [2.24, 2.45) is 17.8 Å². The second-order valence-corrected chi connectivity index (χ2v) is 13.1. The normalized spacial score (nSPS) is 28.6.